The summed E-state index contributed by atoms with van der Waals surface area (Å²) < 4.78 is 26.6. The van der Waals surface area contributed by atoms with E-state index in [1.807, 2.05) is 6.07 Å². The highest BCUT2D eigenvalue weighted by atomic mass is 19.1. The molecule has 0 bridgehead atoms. The quantitative estimate of drug-likeness (QED) is 0.778. The normalized spacial score (nSPS) is 10.6. The molecule has 0 aliphatic rings. The summed E-state index contributed by atoms with van der Waals surface area (Å²) in [7, 11) is 0. The molecule has 0 spiro atoms. The molecule has 0 saturated carbocycles. The van der Waals surface area contributed by atoms with Crippen LogP contribution in [0.25, 0.3) is 0 Å². The zero-order valence-electron chi connectivity index (χ0n) is 8.35. The van der Waals surface area contributed by atoms with Crippen LogP contribution in [0.3, 0.4) is 0 Å². The molecular formula is C12H11F2N. The van der Waals surface area contributed by atoms with Crippen LogP contribution in [-0.4, -0.2) is 4.98 Å². The van der Waals surface area contributed by atoms with Gasteiger partial charge in [-0.1, -0.05) is 6.07 Å². The lowest BCUT2D eigenvalue weighted by Gasteiger charge is -2.05. The maximum absolute atomic E-state index is 13.6. The van der Waals surface area contributed by atoms with E-state index in [0.717, 1.165) is 5.56 Å². The van der Waals surface area contributed by atoms with E-state index in [9.17, 15) is 8.78 Å². The van der Waals surface area contributed by atoms with Crippen molar-refractivity contribution in [1.29, 1.82) is 0 Å². The van der Waals surface area contributed by atoms with E-state index in [4.69, 9.17) is 0 Å². The zero-order valence-corrected chi connectivity index (χ0v) is 8.35. The van der Waals surface area contributed by atoms with E-state index in [0.29, 0.717) is 12.0 Å². The summed E-state index contributed by atoms with van der Waals surface area (Å²) in [5.74, 6) is -0.943. The maximum atomic E-state index is 13.6. The molecule has 0 amide bonds. The van der Waals surface area contributed by atoms with Crippen molar-refractivity contribution < 1.29 is 8.78 Å². The lowest BCUT2D eigenvalue weighted by atomic mass is 10.0. The van der Waals surface area contributed by atoms with E-state index < -0.39 is 11.6 Å². The van der Waals surface area contributed by atoms with Crippen LogP contribution in [0.5, 0.6) is 0 Å². The maximum Gasteiger partial charge on any atom is 0.132 e. The molecule has 0 aliphatic heterocycles. The van der Waals surface area contributed by atoms with Crippen molar-refractivity contribution in [3.8, 4) is 0 Å². The van der Waals surface area contributed by atoms with E-state index in [1.165, 1.54) is 19.1 Å². The first kappa shape index (κ1) is 9.90. The van der Waals surface area contributed by atoms with Gasteiger partial charge in [0.25, 0.3) is 0 Å². The lowest BCUT2D eigenvalue weighted by Crippen LogP contribution is -1.97. The number of aromatic nitrogens is 1. The van der Waals surface area contributed by atoms with Gasteiger partial charge in [0.05, 0.1) is 0 Å². The van der Waals surface area contributed by atoms with Crippen LogP contribution >= 0.6 is 0 Å². The third kappa shape index (κ3) is 1.91. The Labute approximate surface area is 86.8 Å². The van der Waals surface area contributed by atoms with Crippen LogP contribution in [0.1, 0.15) is 16.7 Å². The predicted octanol–water partition coefficient (Wildman–Crippen LogP) is 3.19. The Morgan fingerprint density at radius 2 is 2.00 bits per heavy atom. The average Bonchev–Trinajstić information content (AvgIpc) is 2.72. The molecule has 0 fully saturated rings. The van der Waals surface area contributed by atoms with Gasteiger partial charge in [0.1, 0.15) is 11.6 Å². The highest BCUT2D eigenvalue weighted by Crippen LogP contribution is 2.18. The van der Waals surface area contributed by atoms with E-state index in [2.05, 4.69) is 4.98 Å². The molecule has 0 aliphatic carbocycles. The number of aromatic amines is 1. The van der Waals surface area contributed by atoms with Crippen molar-refractivity contribution >= 4 is 0 Å². The van der Waals surface area contributed by atoms with Gasteiger partial charge in [0.15, 0.2) is 0 Å². The SMILES string of the molecule is Cc1c(F)ccc(Cc2cc[nH]c2)c1F. The van der Waals surface area contributed by atoms with Crippen molar-refractivity contribution in [2.24, 2.45) is 0 Å². The van der Waals surface area contributed by atoms with Gasteiger partial charge in [-0.15, -0.1) is 0 Å². The number of H-pyrrole nitrogens is 1. The number of hydrogen-bond acceptors (Lipinski definition) is 0. The Morgan fingerprint density at radius 3 is 2.67 bits per heavy atom. The summed E-state index contributed by atoms with van der Waals surface area (Å²) in [6.45, 7) is 1.45. The van der Waals surface area contributed by atoms with E-state index >= 15 is 0 Å². The van der Waals surface area contributed by atoms with Crippen LogP contribution in [0, 0.1) is 18.6 Å². The zero-order chi connectivity index (χ0) is 10.8. The molecule has 0 unspecified atom stereocenters. The Hall–Kier alpha value is -1.64. The van der Waals surface area contributed by atoms with Crippen molar-refractivity contribution in [2.45, 2.75) is 13.3 Å². The summed E-state index contributed by atoms with van der Waals surface area (Å²) in [6.07, 6.45) is 4.07. The molecule has 1 N–H and O–H groups in total. The van der Waals surface area contributed by atoms with Gasteiger partial charge in [0, 0.05) is 24.4 Å². The first-order valence-electron chi connectivity index (χ1n) is 4.73. The van der Waals surface area contributed by atoms with Gasteiger partial charge in [0.2, 0.25) is 0 Å². The van der Waals surface area contributed by atoms with Crippen LogP contribution in [0.15, 0.2) is 30.6 Å². The number of hydrogen-bond donors (Lipinski definition) is 1. The predicted molar refractivity (Wildman–Crippen MR) is 54.7 cm³/mol. The van der Waals surface area contributed by atoms with Crippen LogP contribution < -0.4 is 0 Å². The highest BCUT2D eigenvalue weighted by Gasteiger charge is 2.09. The molecule has 15 heavy (non-hydrogen) atoms. The van der Waals surface area contributed by atoms with Crippen molar-refractivity contribution in [2.75, 3.05) is 0 Å². The molecule has 0 atom stereocenters. The van der Waals surface area contributed by atoms with Gasteiger partial charge in [-0.05, 0) is 30.2 Å². The minimum atomic E-state index is -0.495. The van der Waals surface area contributed by atoms with Crippen LogP contribution in [0.2, 0.25) is 0 Å². The van der Waals surface area contributed by atoms with Crippen molar-refractivity contribution in [3.05, 3.63) is 58.9 Å². The summed E-state index contributed by atoms with van der Waals surface area (Å²) in [4.78, 5) is 2.90. The van der Waals surface area contributed by atoms with Gasteiger partial charge in [-0.3, -0.25) is 0 Å². The minimum Gasteiger partial charge on any atom is -0.367 e. The van der Waals surface area contributed by atoms with Gasteiger partial charge >= 0.3 is 0 Å². The molecule has 78 valence electrons. The second-order valence-corrected chi connectivity index (χ2v) is 3.54. The van der Waals surface area contributed by atoms with Gasteiger partial charge < -0.3 is 4.98 Å². The second kappa shape index (κ2) is 3.85. The molecule has 3 heteroatoms. The summed E-state index contributed by atoms with van der Waals surface area (Å²) in [5.41, 5.74) is 1.59. The van der Waals surface area contributed by atoms with Crippen LogP contribution in [-0.2, 0) is 6.42 Å². The Kier molecular flexibility index (Phi) is 2.54. The fraction of sp³-hybridized carbons (Fsp3) is 0.167. The monoisotopic (exact) mass is 207 g/mol. The Bertz CT molecular complexity index is 461. The molecule has 0 radical (unpaired) electrons. The number of benzene rings is 1. The van der Waals surface area contributed by atoms with Crippen LogP contribution in [0.4, 0.5) is 8.78 Å². The molecule has 1 heterocycles. The fourth-order valence-corrected chi connectivity index (χ4v) is 1.54. The Morgan fingerprint density at radius 1 is 1.20 bits per heavy atom. The van der Waals surface area contributed by atoms with E-state index in [1.54, 1.807) is 12.4 Å². The lowest BCUT2D eigenvalue weighted by molar-refractivity contribution is 0.559. The standard InChI is InChI=1S/C12H11F2N/c1-8-11(13)3-2-10(12(8)14)6-9-4-5-15-7-9/h2-5,7,15H,6H2,1H3. The second-order valence-electron chi connectivity index (χ2n) is 3.54. The molecule has 1 aromatic heterocycles. The van der Waals surface area contributed by atoms with Gasteiger partial charge in [-0.2, -0.15) is 0 Å². The number of halogens is 2. The summed E-state index contributed by atoms with van der Waals surface area (Å²) >= 11 is 0. The molecule has 2 aromatic rings. The molecule has 2 rings (SSSR count). The Balaban J connectivity index is 2.34. The number of rotatable bonds is 2. The molecular weight excluding hydrogens is 196 g/mol. The largest absolute Gasteiger partial charge is 0.367 e. The van der Waals surface area contributed by atoms with E-state index in [-0.39, 0.29) is 5.56 Å². The molecule has 1 aromatic carbocycles. The fourth-order valence-electron chi connectivity index (χ4n) is 1.54. The highest BCUT2D eigenvalue weighted by molar-refractivity contribution is 5.30. The number of nitrogens with one attached hydrogen (secondary N) is 1. The minimum absolute atomic E-state index is 0.0861. The van der Waals surface area contributed by atoms with Crippen molar-refractivity contribution in [1.82, 2.24) is 4.98 Å². The summed E-state index contributed by atoms with van der Waals surface area (Å²) in [5, 5.41) is 0. The molecule has 0 saturated heterocycles. The topological polar surface area (TPSA) is 15.8 Å². The first-order chi connectivity index (χ1) is 7.18. The average molecular weight is 207 g/mol. The molecule has 1 nitrogen and oxygen atoms in total. The third-order valence-electron chi connectivity index (χ3n) is 2.46. The van der Waals surface area contributed by atoms with Gasteiger partial charge in [-0.25, -0.2) is 8.78 Å². The first-order valence-corrected chi connectivity index (χ1v) is 4.73. The smallest absolute Gasteiger partial charge is 0.132 e. The van der Waals surface area contributed by atoms with Crippen molar-refractivity contribution in [3.63, 3.8) is 0 Å². The third-order valence-corrected chi connectivity index (χ3v) is 2.46. The summed E-state index contributed by atoms with van der Waals surface area (Å²) in [6, 6.07) is 4.67.